The highest BCUT2D eigenvalue weighted by Gasteiger charge is 2.13. The lowest BCUT2D eigenvalue weighted by molar-refractivity contribution is 0.108. The molecule has 91 valence electrons. The summed E-state index contributed by atoms with van der Waals surface area (Å²) < 4.78 is 0. The molecule has 2 aromatic rings. The summed E-state index contributed by atoms with van der Waals surface area (Å²) >= 11 is 0. The Hall–Kier alpha value is -1.46. The number of carbonyl (C=O) groups excluding carboxylic acids is 1. The lowest BCUT2D eigenvalue weighted by Crippen LogP contribution is -2.04. The molecule has 0 aromatic heterocycles. The Kier molecular flexibility index (Phi) is 3.93. The van der Waals surface area contributed by atoms with E-state index < -0.39 is 0 Å². The molecule has 0 bridgehead atoms. The Morgan fingerprint density at radius 1 is 0.944 bits per heavy atom. The van der Waals surface area contributed by atoms with E-state index in [0.29, 0.717) is 0 Å². The van der Waals surface area contributed by atoms with Gasteiger partial charge in [-0.3, -0.25) is 4.79 Å². The molecule has 0 saturated carbocycles. The normalized spacial score (nSPS) is 11.1. The first-order valence-electron chi connectivity index (χ1n) is 5.97. The van der Waals surface area contributed by atoms with E-state index in [4.69, 9.17) is 0 Å². The van der Waals surface area contributed by atoms with Gasteiger partial charge in [0.1, 0.15) is 0 Å². The van der Waals surface area contributed by atoms with Crippen LogP contribution in [0.3, 0.4) is 0 Å². The first kappa shape index (κ1) is 13.0. The van der Waals surface area contributed by atoms with E-state index >= 15 is 0 Å². The number of aryl methyl sites for hydroxylation is 3. The summed E-state index contributed by atoms with van der Waals surface area (Å²) in [5, 5.41) is 1.04. The maximum absolute atomic E-state index is 12.4. The van der Waals surface area contributed by atoms with Crippen molar-refractivity contribution in [2.75, 3.05) is 0 Å². The van der Waals surface area contributed by atoms with Gasteiger partial charge in [-0.2, -0.15) is 0 Å². The van der Waals surface area contributed by atoms with Crippen molar-refractivity contribution in [1.29, 1.82) is 0 Å². The highest BCUT2D eigenvalue weighted by atomic mass is 31.1. The third-order valence-electron chi connectivity index (χ3n) is 2.88. The monoisotopic (exact) mass is 255 g/mol. The zero-order valence-corrected chi connectivity index (χ0v) is 11.8. The molecular weight excluding hydrogens is 239 g/mol. The molecule has 0 spiro atoms. The van der Waals surface area contributed by atoms with Gasteiger partial charge in [0.05, 0.1) is 0 Å². The Balaban J connectivity index is 2.30. The van der Waals surface area contributed by atoms with Gasteiger partial charge < -0.3 is 0 Å². The van der Waals surface area contributed by atoms with Crippen LogP contribution in [0.1, 0.15) is 27.0 Å². The third-order valence-corrected chi connectivity index (χ3v) is 3.86. The van der Waals surface area contributed by atoms with Crippen LogP contribution >= 0.6 is 8.58 Å². The average molecular weight is 255 g/mol. The standard InChI is InChI=1S/C16H16OP/c1-11-9-12(2)15(13(3)10-11)16(17)18-14-7-5-4-6-8-14/h4-10H,1-3H3. The molecule has 0 fully saturated rings. The molecule has 0 aliphatic carbocycles. The van der Waals surface area contributed by atoms with Crippen LogP contribution in [0.4, 0.5) is 0 Å². The van der Waals surface area contributed by atoms with E-state index in [9.17, 15) is 4.79 Å². The van der Waals surface area contributed by atoms with Crippen LogP contribution < -0.4 is 5.30 Å². The van der Waals surface area contributed by atoms with Crippen molar-refractivity contribution >= 4 is 19.4 Å². The van der Waals surface area contributed by atoms with Crippen LogP contribution in [-0.4, -0.2) is 5.52 Å². The van der Waals surface area contributed by atoms with Gasteiger partial charge in [-0.1, -0.05) is 48.0 Å². The minimum absolute atomic E-state index is 0.177. The van der Waals surface area contributed by atoms with E-state index in [2.05, 4.69) is 19.1 Å². The van der Waals surface area contributed by atoms with E-state index in [1.165, 1.54) is 5.56 Å². The van der Waals surface area contributed by atoms with Crippen molar-refractivity contribution in [2.45, 2.75) is 20.8 Å². The van der Waals surface area contributed by atoms with Gasteiger partial charge in [-0.25, -0.2) is 0 Å². The van der Waals surface area contributed by atoms with Crippen molar-refractivity contribution in [3.63, 3.8) is 0 Å². The van der Waals surface area contributed by atoms with Gasteiger partial charge in [-0.15, -0.1) is 0 Å². The number of carbonyl (C=O) groups is 1. The van der Waals surface area contributed by atoms with Crippen LogP contribution in [0, 0.1) is 20.8 Å². The maximum Gasteiger partial charge on any atom is 0.194 e. The smallest absolute Gasteiger partial charge is 0.194 e. The fraction of sp³-hybridized carbons (Fsp3) is 0.188. The second kappa shape index (κ2) is 5.46. The number of hydrogen-bond acceptors (Lipinski definition) is 1. The van der Waals surface area contributed by atoms with E-state index in [1.807, 2.05) is 44.2 Å². The average Bonchev–Trinajstić information content (AvgIpc) is 2.28. The summed E-state index contributed by atoms with van der Waals surface area (Å²) in [6, 6.07) is 14.0. The molecule has 0 saturated heterocycles. The molecule has 18 heavy (non-hydrogen) atoms. The van der Waals surface area contributed by atoms with E-state index in [1.54, 1.807) is 0 Å². The molecule has 0 N–H and O–H groups in total. The summed E-state index contributed by atoms with van der Waals surface area (Å²) in [6.07, 6.45) is 0. The number of benzene rings is 2. The van der Waals surface area contributed by atoms with Crippen molar-refractivity contribution in [2.24, 2.45) is 0 Å². The molecule has 0 unspecified atom stereocenters. The summed E-state index contributed by atoms with van der Waals surface area (Å²) in [7, 11) is 0.749. The SMILES string of the molecule is Cc1cc(C)c(C(=O)[P]c2ccccc2)c(C)c1. The first-order valence-corrected chi connectivity index (χ1v) is 6.86. The molecule has 0 heterocycles. The van der Waals surface area contributed by atoms with Crippen molar-refractivity contribution < 1.29 is 4.79 Å². The Labute approximate surface area is 110 Å². The fourth-order valence-electron chi connectivity index (χ4n) is 2.19. The second-order valence-electron chi connectivity index (χ2n) is 4.53. The predicted molar refractivity (Wildman–Crippen MR) is 78.0 cm³/mol. The predicted octanol–water partition coefficient (Wildman–Crippen LogP) is 4.02. The largest absolute Gasteiger partial charge is 0.288 e. The van der Waals surface area contributed by atoms with Crippen LogP contribution in [0.5, 0.6) is 0 Å². The summed E-state index contributed by atoms with van der Waals surface area (Å²) in [4.78, 5) is 12.4. The minimum Gasteiger partial charge on any atom is -0.288 e. The van der Waals surface area contributed by atoms with Gasteiger partial charge in [0.15, 0.2) is 5.52 Å². The van der Waals surface area contributed by atoms with Crippen LogP contribution in [-0.2, 0) is 0 Å². The topological polar surface area (TPSA) is 17.1 Å². The molecule has 2 rings (SSSR count). The number of hydrogen-bond donors (Lipinski definition) is 0. The lowest BCUT2D eigenvalue weighted by Gasteiger charge is -2.09. The molecule has 1 nitrogen and oxygen atoms in total. The molecule has 0 aliphatic rings. The van der Waals surface area contributed by atoms with Crippen molar-refractivity contribution in [3.05, 3.63) is 64.7 Å². The highest BCUT2D eigenvalue weighted by molar-refractivity contribution is 7.66. The van der Waals surface area contributed by atoms with Gasteiger partial charge in [0.2, 0.25) is 0 Å². The van der Waals surface area contributed by atoms with Crippen LogP contribution in [0.25, 0.3) is 0 Å². The lowest BCUT2D eigenvalue weighted by atomic mass is 10.0. The zero-order chi connectivity index (χ0) is 13.1. The quantitative estimate of drug-likeness (QED) is 0.757. The third kappa shape index (κ3) is 2.86. The maximum atomic E-state index is 12.4. The van der Waals surface area contributed by atoms with Crippen molar-refractivity contribution in [3.8, 4) is 0 Å². The van der Waals surface area contributed by atoms with Gasteiger partial charge in [0, 0.05) is 14.1 Å². The van der Waals surface area contributed by atoms with Gasteiger partial charge in [0.25, 0.3) is 0 Å². The van der Waals surface area contributed by atoms with Crippen LogP contribution in [0.2, 0.25) is 0 Å². The molecule has 0 aliphatic heterocycles. The zero-order valence-electron chi connectivity index (χ0n) is 10.9. The van der Waals surface area contributed by atoms with Gasteiger partial charge >= 0.3 is 0 Å². The van der Waals surface area contributed by atoms with E-state index in [-0.39, 0.29) is 5.52 Å². The molecular formula is C16H16OP. The number of rotatable bonds is 3. The second-order valence-corrected chi connectivity index (χ2v) is 5.67. The van der Waals surface area contributed by atoms with Crippen molar-refractivity contribution in [1.82, 2.24) is 0 Å². The first-order chi connectivity index (χ1) is 8.58. The Morgan fingerprint density at radius 3 is 2.06 bits per heavy atom. The molecule has 0 amide bonds. The Bertz CT molecular complexity index is 550. The Morgan fingerprint density at radius 2 is 1.50 bits per heavy atom. The minimum atomic E-state index is 0.177. The molecule has 1 radical (unpaired) electrons. The summed E-state index contributed by atoms with van der Waals surface area (Å²) in [5.74, 6) is 0. The van der Waals surface area contributed by atoms with Crippen LogP contribution in [0.15, 0.2) is 42.5 Å². The van der Waals surface area contributed by atoms with E-state index in [0.717, 1.165) is 30.6 Å². The molecule has 2 aromatic carbocycles. The highest BCUT2D eigenvalue weighted by Crippen LogP contribution is 2.25. The summed E-state index contributed by atoms with van der Waals surface area (Å²) in [5.41, 5.74) is 4.39. The molecule has 2 heteroatoms. The fourth-order valence-corrected chi connectivity index (χ4v) is 3.21. The van der Waals surface area contributed by atoms with Gasteiger partial charge in [-0.05, 0) is 37.2 Å². The summed E-state index contributed by atoms with van der Waals surface area (Å²) in [6.45, 7) is 6.07. The molecule has 0 atom stereocenters.